The lowest BCUT2D eigenvalue weighted by molar-refractivity contribution is -0.00942. The second kappa shape index (κ2) is 5.47. The molecule has 0 bridgehead atoms. The van der Waals surface area contributed by atoms with Gasteiger partial charge in [0.1, 0.15) is 0 Å². The molecule has 1 aromatic rings. The van der Waals surface area contributed by atoms with Crippen LogP contribution in [-0.4, -0.2) is 35.3 Å². The molecule has 0 radical (unpaired) electrons. The van der Waals surface area contributed by atoms with Crippen LogP contribution in [0.4, 0.5) is 0 Å². The van der Waals surface area contributed by atoms with Gasteiger partial charge in [-0.05, 0) is 25.0 Å². The van der Waals surface area contributed by atoms with Crippen molar-refractivity contribution in [3.05, 3.63) is 17.5 Å². The third-order valence-corrected chi connectivity index (χ3v) is 4.70. The van der Waals surface area contributed by atoms with Crippen molar-refractivity contribution in [3.63, 3.8) is 0 Å². The fraction of sp³-hybridized carbons (Fsp3) is 0.667. The summed E-state index contributed by atoms with van der Waals surface area (Å²) in [6, 6.07) is 4.07. The molecule has 0 aliphatic carbocycles. The Morgan fingerprint density at radius 1 is 1.39 bits per heavy atom. The van der Waals surface area contributed by atoms with Gasteiger partial charge < -0.3 is 13.7 Å². The minimum absolute atomic E-state index is 0.0198. The van der Waals surface area contributed by atoms with Gasteiger partial charge in [0.25, 0.3) is 0 Å². The smallest absolute Gasteiger partial charge is 0.417 e. The molecule has 0 aromatic carbocycles. The average Bonchev–Trinajstić information content (AvgIpc) is 2.80. The summed E-state index contributed by atoms with van der Waals surface area (Å²) in [5, 5.41) is 2.05. The first kappa shape index (κ1) is 14.3. The van der Waals surface area contributed by atoms with E-state index in [0.717, 1.165) is 11.4 Å². The van der Waals surface area contributed by atoms with Gasteiger partial charge in [0.2, 0.25) is 0 Å². The number of rotatable bonds is 4. The summed E-state index contributed by atoms with van der Waals surface area (Å²) < 4.78 is 18.8. The van der Waals surface area contributed by atoms with Crippen LogP contribution in [0, 0.1) is 5.41 Å². The molecule has 1 saturated heterocycles. The summed E-state index contributed by atoms with van der Waals surface area (Å²) >= 11 is 1.67. The molecule has 0 saturated carbocycles. The fourth-order valence-electron chi connectivity index (χ4n) is 1.71. The van der Waals surface area contributed by atoms with E-state index in [1.54, 1.807) is 11.3 Å². The van der Waals surface area contributed by atoms with Crippen LogP contribution in [0.5, 0.6) is 0 Å². The Morgan fingerprint density at radius 2 is 2.06 bits per heavy atom. The first-order chi connectivity index (χ1) is 8.38. The molecule has 1 aromatic heterocycles. The Kier molecular flexibility index (Phi) is 4.33. The number of hydrogen-bond acceptors (Lipinski definition) is 4. The van der Waals surface area contributed by atoms with Crippen molar-refractivity contribution in [2.45, 2.75) is 26.6 Å². The molecule has 100 valence electrons. The van der Waals surface area contributed by atoms with Gasteiger partial charge in [-0.3, -0.25) is 0 Å². The van der Waals surface area contributed by atoms with Crippen LogP contribution < -0.4 is 4.78 Å². The average molecular weight is 284 g/mol. The van der Waals surface area contributed by atoms with Crippen molar-refractivity contribution in [1.82, 2.24) is 0 Å². The molecule has 0 amide bonds. The van der Waals surface area contributed by atoms with Crippen molar-refractivity contribution in [3.8, 4) is 0 Å². The molecular formula is C12H21BO3SSi. The zero-order valence-electron chi connectivity index (χ0n) is 11.6. The molecule has 1 aliphatic rings. The molecule has 2 rings (SSSR count). The maximum absolute atomic E-state index is 5.98. The number of thiophene rings is 1. The van der Waals surface area contributed by atoms with Crippen molar-refractivity contribution in [1.29, 1.82) is 0 Å². The molecule has 0 atom stereocenters. The highest BCUT2D eigenvalue weighted by Gasteiger charge is 2.38. The second-order valence-electron chi connectivity index (χ2n) is 6.18. The zero-order valence-corrected chi connectivity index (χ0v) is 13.4. The van der Waals surface area contributed by atoms with Crippen molar-refractivity contribution in [2.24, 2.45) is 5.41 Å². The van der Waals surface area contributed by atoms with Crippen LogP contribution >= 0.6 is 11.3 Å². The van der Waals surface area contributed by atoms with E-state index in [9.17, 15) is 0 Å². The van der Waals surface area contributed by atoms with E-state index in [0.29, 0.717) is 13.2 Å². The summed E-state index contributed by atoms with van der Waals surface area (Å²) in [7, 11) is -1.66. The number of hydrogen-bond donors (Lipinski definition) is 0. The van der Waals surface area contributed by atoms with E-state index in [-0.39, 0.29) is 12.5 Å². The Balaban J connectivity index is 1.85. The van der Waals surface area contributed by atoms with E-state index < -0.39 is 8.32 Å². The molecule has 0 unspecified atom stereocenters. The zero-order chi connectivity index (χ0) is 13.2. The van der Waals surface area contributed by atoms with Gasteiger partial charge in [-0.2, -0.15) is 11.3 Å². The summed E-state index contributed by atoms with van der Waals surface area (Å²) in [6.07, 6.45) is 0. The highest BCUT2D eigenvalue weighted by Crippen LogP contribution is 2.25. The lowest BCUT2D eigenvalue weighted by Gasteiger charge is -2.37. The molecule has 0 N–H and O–H groups in total. The molecule has 1 aliphatic heterocycles. The first-order valence-electron chi connectivity index (χ1n) is 6.29. The van der Waals surface area contributed by atoms with Gasteiger partial charge in [-0.25, -0.2) is 0 Å². The van der Waals surface area contributed by atoms with E-state index in [4.69, 9.17) is 13.7 Å². The third-order valence-electron chi connectivity index (χ3n) is 2.80. The lowest BCUT2D eigenvalue weighted by Crippen LogP contribution is -2.50. The van der Waals surface area contributed by atoms with Gasteiger partial charge >= 0.3 is 7.12 Å². The Labute approximate surface area is 115 Å². The summed E-state index contributed by atoms with van der Waals surface area (Å²) in [6.45, 7) is 10.9. The van der Waals surface area contributed by atoms with Gasteiger partial charge in [-0.15, -0.1) is 0 Å². The van der Waals surface area contributed by atoms with E-state index in [1.807, 2.05) is 11.4 Å². The largest absolute Gasteiger partial charge is 0.504 e. The van der Waals surface area contributed by atoms with E-state index >= 15 is 0 Å². The second-order valence-corrected chi connectivity index (χ2v) is 11.7. The molecule has 0 spiro atoms. The predicted molar refractivity (Wildman–Crippen MR) is 79.0 cm³/mol. The van der Waals surface area contributed by atoms with E-state index in [2.05, 4.69) is 32.6 Å². The van der Waals surface area contributed by atoms with Gasteiger partial charge in [0.15, 0.2) is 8.32 Å². The molecule has 6 heteroatoms. The third kappa shape index (κ3) is 3.93. The minimum Gasteiger partial charge on any atom is -0.417 e. The lowest BCUT2D eigenvalue weighted by atomic mass is 9.82. The van der Waals surface area contributed by atoms with Crippen LogP contribution in [0.1, 0.15) is 6.92 Å². The molecule has 18 heavy (non-hydrogen) atoms. The standard InChI is InChI=1S/C12H21BO3SSi/c1-12(10-16-18(2,3)4)8-14-13(15-9-12)11-6-5-7-17-11/h5-7H,8-10H2,1-4H3. The predicted octanol–water partition coefficient (Wildman–Crippen LogP) is 2.35. The molecule has 1 fully saturated rings. The van der Waals surface area contributed by atoms with Crippen molar-refractivity contribution >= 4 is 31.5 Å². The normalized spacial score (nSPS) is 20.1. The Bertz CT molecular complexity index is 369. The first-order valence-corrected chi connectivity index (χ1v) is 10.6. The van der Waals surface area contributed by atoms with Crippen LogP contribution in [0.15, 0.2) is 17.5 Å². The van der Waals surface area contributed by atoms with Crippen LogP contribution in [-0.2, 0) is 13.7 Å². The van der Waals surface area contributed by atoms with Crippen LogP contribution in [0.3, 0.4) is 0 Å². The summed E-state index contributed by atoms with van der Waals surface area (Å²) in [5.41, 5.74) is -0.0198. The maximum Gasteiger partial charge on any atom is 0.504 e. The fourth-order valence-corrected chi connectivity index (χ4v) is 3.21. The molecule has 2 heterocycles. The topological polar surface area (TPSA) is 27.7 Å². The van der Waals surface area contributed by atoms with Gasteiger partial charge in [-0.1, -0.05) is 19.1 Å². The Morgan fingerprint density at radius 3 is 2.56 bits per heavy atom. The van der Waals surface area contributed by atoms with Crippen LogP contribution in [0.2, 0.25) is 19.6 Å². The Hall–Kier alpha value is -0.138. The van der Waals surface area contributed by atoms with Crippen molar-refractivity contribution in [2.75, 3.05) is 19.8 Å². The monoisotopic (exact) mass is 284 g/mol. The summed E-state index contributed by atoms with van der Waals surface area (Å²) in [4.78, 5) is 0. The maximum atomic E-state index is 5.98. The van der Waals surface area contributed by atoms with Crippen LogP contribution in [0.25, 0.3) is 0 Å². The van der Waals surface area contributed by atoms with Crippen molar-refractivity contribution < 1.29 is 13.7 Å². The van der Waals surface area contributed by atoms with Gasteiger partial charge in [0, 0.05) is 30.0 Å². The SMILES string of the molecule is CC1(CO[Si](C)(C)C)COB(c2cccs2)OC1. The summed E-state index contributed by atoms with van der Waals surface area (Å²) in [5.74, 6) is 0. The van der Waals surface area contributed by atoms with E-state index in [1.165, 1.54) is 0 Å². The highest BCUT2D eigenvalue weighted by molar-refractivity contribution is 7.20. The quantitative estimate of drug-likeness (QED) is 0.794. The highest BCUT2D eigenvalue weighted by atomic mass is 32.1. The van der Waals surface area contributed by atoms with Gasteiger partial charge in [0.05, 0.1) is 0 Å². The minimum atomic E-state index is -1.47. The molecular weight excluding hydrogens is 263 g/mol. The molecule has 3 nitrogen and oxygen atoms in total.